The molecule has 0 spiro atoms. The van der Waals surface area contributed by atoms with Crippen molar-refractivity contribution in [3.8, 4) is 0 Å². The molecule has 2 saturated heterocycles. The highest BCUT2D eigenvalue weighted by Crippen LogP contribution is 2.69. The topological polar surface area (TPSA) is 101 Å². The standard InChI is InChI=1S/C29H22Cl4N2O6/c1-4-41-28(40)21-11(2)18-19-22(26(38)34(24(19)36)16-7-5-12(30)9-14(16)32)29(21,3)23-20(18)25(37)35(27(23)39)17-8-6-13(31)10-15(17)33/h5-10,18-20,22-23H,4H2,1-3H3/t18?,19-,20-,22+,23+,29?/m0/s1. The van der Waals surface area contributed by atoms with Crippen molar-refractivity contribution in [2.75, 3.05) is 16.4 Å². The normalized spacial score (nSPS) is 30.4. The molecule has 12 heteroatoms. The number of esters is 1. The number of amides is 4. The van der Waals surface area contributed by atoms with Crippen LogP contribution in [-0.2, 0) is 28.7 Å². The molecule has 41 heavy (non-hydrogen) atoms. The second-order valence-electron chi connectivity index (χ2n) is 10.8. The van der Waals surface area contributed by atoms with E-state index in [4.69, 9.17) is 51.1 Å². The first-order valence-corrected chi connectivity index (χ1v) is 14.4. The second kappa shape index (κ2) is 9.56. The Morgan fingerprint density at radius 2 is 1.22 bits per heavy atom. The van der Waals surface area contributed by atoms with Crippen molar-refractivity contribution in [1.29, 1.82) is 0 Å². The molecule has 1 saturated carbocycles. The summed E-state index contributed by atoms with van der Waals surface area (Å²) < 4.78 is 5.39. The van der Waals surface area contributed by atoms with Crippen LogP contribution in [0.15, 0.2) is 47.5 Å². The predicted octanol–water partition coefficient (Wildman–Crippen LogP) is 5.74. The van der Waals surface area contributed by atoms with Crippen molar-refractivity contribution in [2.45, 2.75) is 20.8 Å². The lowest BCUT2D eigenvalue weighted by Crippen LogP contribution is -2.61. The zero-order chi connectivity index (χ0) is 29.7. The Bertz CT molecular complexity index is 1540. The van der Waals surface area contributed by atoms with Gasteiger partial charge in [-0.15, -0.1) is 0 Å². The summed E-state index contributed by atoms with van der Waals surface area (Å²) >= 11 is 24.9. The lowest BCUT2D eigenvalue weighted by molar-refractivity contribution is -0.155. The maximum absolute atomic E-state index is 14.2. The molecule has 2 aromatic rings. The molecule has 2 aromatic carbocycles. The molecule has 3 aliphatic carbocycles. The molecule has 7 rings (SSSR count). The number of benzene rings is 2. The number of nitrogens with zero attached hydrogens (tertiary/aromatic N) is 2. The van der Waals surface area contributed by atoms with Gasteiger partial charge in [-0.1, -0.05) is 58.9 Å². The minimum atomic E-state index is -1.55. The van der Waals surface area contributed by atoms with Gasteiger partial charge < -0.3 is 4.74 Å². The maximum atomic E-state index is 14.2. The number of allylic oxidation sites excluding steroid dienone is 1. The van der Waals surface area contributed by atoms with Crippen LogP contribution in [0.2, 0.25) is 20.1 Å². The third-order valence-electron chi connectivity index (χ3n) is 8.98. The summed E-state index contributed by atoms with van der Waals surface area (Å²) in [7, 11) is 0. The smallest absolute Gasteiger partial charge is 0.334 e. The fourth-order valence-corrected chi connectivity index (χ4v) is 8.60. The Hall–Kier alpha value is -2.91. The van der Waals surface area contributed by atoms with Crippen LogP contribution in [-0.4, -0.2) is 36.2 Å². The van der Waals surface area contributed by atoms with E-state index < -0.39 is 64.6 Å². The molecule has 0 unspecified atom stereocenters. The number of halogens is 4. The zero-order valence-corrected chi connectivity index (χ0v) is 24.9. The molecule has 4 atom stereocenters. The zero-order valence-electron chi connectivity index (χ0n) is 21.9. The minimum Gasteiger partial charge on any atom is -0.463 e. The lowest BCUT2D eigenvalue weighted by atomic mass is 9.43. The number of rotatable bonds is 4. The van der Waals surface area contributed by atoms with E-state index in [1.807, 2.05) is 0 Å². The molecule has 0 N–H and O–H groups in total. The number of imide groups is 2. The molecule has 2 heterocycles. The Balaban J connectivity index is 1.55. The van der Waals surface area contributed by atoms with Crippen molar-refractivity contribution < 1.29 is 28.7 Å². The van der Waals surface area contributed by atoms with Crippen LogP contribution < -0.4 is 9.80 Å². The lowest BCUT2D eigenvalue weighted by Gasteiger charge is -2.55. The van der Waals surface area contributed by atoms with Crippen LogP contribution in [0.4, 0.5) is 11.4 Å². The van der Waals surface area contributed by atoms with Gasteiger partial charge in [-0.2, -0.15) is 0 Å². The van der Waals surface area contributed by atoms with Crippen molar-refractivity contribution in [3.05, 3.63) is 67.6 Å². The maximum Gasteiger partial charge on any atom is 0.334 e. The van der Waals surface area contributed by atoms with Crippen LogP contribution in [0.3, 0.4) is 0 Å². The van der Waals surface area contributed by atoms with Gasteiger partial charge >= 0.3 is 5.97 Å². The monoisotopic (exact) mass is 634 g/mol. The van der Waals surface area contributed by atoms with E-state index in [1.54, 1.807) is 20.8 Å². The van der Waals surface area contributed by atoms with Gasteiger partial charge in [0, 0.05) is 27.0 Å². The number of anilines is 2. The third kappa shape index (κ3) is 3.63. The van der Waals surface area contributed by atoms with Crippen molar-refractivity contribution in [1.82, 2.24) is 0 Å². The van der Waals surface area contributed by atoms with E-state index in [-0.39, 0.29) is 33.6 Å². The molecule has 2 aliphatic heterocycles. The fraction of sp³-hybridized carbons (Fsp3) is 0.345. The van der Waals surface area contributed by atoms with E-state index in [0.29, 0.717) is 15.6 Å². The largest absolute Gasteiger partial charge is 0.463 e. The number of ether oxygens (including phenoxy) is 1. The quantitative estimate of drug-likeness (QED) is 0.314. The van der Waals surface area contributed by atoms with Crippen LogP contribution in [0.25, 0.3) is 0 Å². The van der Waals surface area contributed by atoms with E-state index >= 15 is 0 Å². The van der Waals surface area contributed by atoms with Gasteiger partial charge in [0.15, 0.2) is 0 Å². The Kier molecular flexibility index (Phi) is 6.58. The highest BCUT2D eigenvalue weighted by Gasteiger charge is 2.77. The summed E-state index contributed by atoms with van der Waals surface area (Å²) in [6, 6.07) is 8.78. The first-order valence-electron chi connectivity index (χ1n) is 12.9. The average molecular weight is 636 g/mol. The van der Waals surface area contributed by atoms with E-state index in [2.05, 4.69) is 0 Å². The van der Waals surface area contributed by atoms with E-state index in [1.165, 1.54) is 36.4 Å². The van der Waals surface area contributed by atoms with Gasteiger partial charge in [-0.3, -0.25) is 19.2 Å². The summed E-state index contributed by atoms with van der Waals surface area (Å²) in [6.07, 6.45) is 0. The van der Waals surface area contributed by atoms with Crippen molar-refractivity contribution >= 4 is 87.4 Å². The van der Waals surface area contributed by atoms with Crippen LogP contribution >= 0.6 is 46.4 Å². The number of hydrogen-bond acceptors (Lipinski definition) is 6. The summed E-state index contributed by atoms with van der Waals surface area (Å²) in [6.45, 7) is 4.96. The second-order valence-corrected chi connectivity index (χ2v) is 12.5. The molecule has 212 valence electrons. The summed E-state index contributed by atoms with van der Waals surface area (Å²) in [4.78, 5) is 72.1. The first kappa shape index (κ1) is 28.2. The van der Waals surface area contributed by atoms with Gasteiger partial charge in [0.1, 0.15) is 0 Å². The number of hydrogen-bond donors (Lipinski definition) is 0. The highest BCUT2D eigenvalue weighted by molar-refractivity contribution is 6.40. The third-order valence-corrected chi connectivity index (χ3v) is 10.1. The molecule has 0 radical (unpaired) electrons. The average Bonchev–Trinajstić information content (AvgIpc) is 3.31. The molecule has 3 fully saturated rings. The SMILES string of the molecule is CCOC(=O)C1=C(C)C2[C@@H]3C(=O)N(c4ccc(Cl)cc4Cl)C(=O)[C@@H]3C1(C)[C@H]1C(=O)N(c3ccc(Cl)cc3Cl)C(=O)[C@@H]21. The molecule has 4 amide bonds. The highest BCUT2D eigenvalue weighted by atomic mass is 35.5. The molecular weight excluding hydrogens is 614 g/mol. The van der Waals surface area contributed by atoms with E-state index in [9.17, 15) is 24.0 Å². The Morgan fingerprint density at radius 3 is 1.61 bits per heavy atom. The van der Waals surface area contributed by atoms with E-state index in [0.717, 1.165) is 9.80 Å². The van der Waals surface area contributed by atoms with Crippen LogP contribution in [0, 0.1) is 35.0 Å². The van der Waals surface area contributed by atoms with Crippen molar-refractivity contribution in [3.63, 3.8) is 0 Å². The summed E-state index contributed by atoms with van der Waals surface area (Å²) in [5, 5.41) is 0.801. The molecule has 0 aromatic heterocycles. The molecule has 5 aliphatic rings. The fourth-order valence-electron chi connectivity index (χ4n) is 7.61. The van der Waals surface area contributed by atoms with Gasteiger partial charge in [0.05, 0.1) is 51.7 Å². The first-order chi connectivity index (χ1) is 19.4. The van der Waals surface area contributed by atoms with Gasteiger partial charge in [0.2, 0.25) is 23.6 Å². The van der Waals surface area contributed by atoms with Gasteiger partial charge in [0.25, 0.3) is 0 Å². The Labute approximate surface area is 255 Å². The Morgan fingerprint density at radius 1 is 0.780 bits per heavy atom. The molecule has 8 nitrogen and oxygen atoms in total. The predicted molar refractivity (Wildman–Crippen MR) is 153 cm³/mol. The summed E-state index contributed by atoms with van der Waals surface area (Å²) in [5.74, 6) is -8.28. The van der Waals surface area contributed by atoms with Crippen LogP contribution in [0.5, 0.6) is 0 Å². The van der Waals surface area contributed by atoms with Crippen LogP contribution in [0.1, 0.15) is 20.8 Å². The number of carbonyl (C=O) groups excluding carboxylic acids is 5. The van der Waals surface area contributed by atoms with Gasteiger partial charge in [-0.05, 0) is 50.2 Å². The minimum absolute atomic E-state index is 0.0529. The van der Waals surface area contributed by atoms with Crippen molar-refractivity contribution in [2.24, 2.45) is 35.0 Å². The molecule has 2 bridgehead atoms. The van der Waals surface area contributed by atoms with Gasteiger partial charge in [-0.25, -0.2) is 14.6 Å². The molecular formula is C29H22Cl4N2O6. The summed E-state index contributed by atoms with van der Waals surface area (Å²) in [5.41, 5.74) is -0.695. The number of carbonyl (C=O) groups is 5.